The maximum atomic E-state index is 12.5. The van der Waals surface area contributed by atoms with Crippen LogP contribution >= 0.6 is 0 Å². The second-order valence-corrected chi connectivity index (χ2v) is 6.16. The number of carbonyl (C=O) groups excluding carboxylic acids is 3. The van der Waals surface area contributed by atoms with E-state index in [4.69, 9.17) is 9.47 Å². The summed E-state index contributed by atoms with van der Waals surface area (Å²) < 4.78 is 10.6. The van der Waals surface area contributed by atoms with Gasteiger partial charge in [0.15, 0.2) is 5.78 Å². The Hall–Kier alpha value is -3.61. The molecule has 2 aromatic carbocycles. The zero-order valence-corrected chi connectivity index (χ0v) is 15.6. The zero-order valence-electron chi connectivity index (χ0n) is 15.6. The molecule has 1 N–H and O–H groups in total. The molecule has 0 bridgehead atoms. The summed E-state index contributed by atoms with van der Waals surface area (Å²) in [5.74, 6) is -0.365. The molecule has 1 aliphatic rings. The average Bonchev–Trinajstić information content (AvgIpc) is 2.72. The van der Waals surface area contributed by atoms with E-state index >= 15 is 0 Å². The van der Waals surface area contributed by atoms with Crippen molar-refractivity contribution in [3.63, 3.8) is 0 Å². The lowest BCUT2D eigenvalue weighted by Crippen LogP contribution is -2.47. The fraction of sp³-hybridized carbons (Fsp3) is 0.190. The third kappa shape index (κ3) is 4.20. The van der Waals surface area contributed by atoms with Crippen molar-refractivity contribution >= 4 is 23.3 Å². The molecule has 144 valence electrons. The number of benzene rings is 2. The van der Waals surface area contributed by atoms with Gasteiger partial charge >= 0.3 is 5.97 Å². The Morgan fingerprint density at radius 3 is 2.57 bits per heavy atom. The second-order valence-electron chi connectivity index (χ2n) is 6.16. The number of nitrogens with zero attached hydrogens (tertiary/aromatic N) is 1. The third-order valence-electron chi connectivity index (χ3n) is 4.24. The van der Waals surface area contributed by atoms with E-state index in [2.05, 4.69) is 5.43 Å². The largest absolute Gasteiger partial charge is 0.496 e. The summed E-state index contributed by atoms with van der Waals surface area (Å²) in [5.41, 5.74) is 4.68. The van der Waals surface area contributed by atoms with Gasteiger partial charge in [0.25, 0.3) is 0 Å². The van der Waals surface area contributed by atoms with Gasteiger partial charge in [-0.25, -0.2) is 9.80 Å². The summed E-state index contributed by atoms with van der Waals surface area (Å²) in [6.07, 6.45) is 1.57. The molecule has 2 aromatic rings. The van der Waals surface area contributed by atoms with Gasteiger partial charge in [0, 0.05) is 17.5 Å². The molecule has 3 rings (SSSR count). The number of carbonyl (C=O) groups is 3. The molecule has 1 amide bonds. The number of para-hydroxylation sites is 1. The number of nitrogens with one attached hydrogen (secondary N) is 1. The molecule has 7 heteroatoms. The molecule has 0 atom stereocenters. The van der Waals surface area contributed by atoms with Crippen LogP contribution in [0.5, 0.6) is 5.75 Å². The molecular weight excluding hydrogens is 360 g/mol. The minimum absolute atomic E-state index is 0.0680. The quantitative estimate of drug-likeness (QED) is 0.613. The fourth-order valence-electron chi connectivity index (χ4n) is 2.76. The highest BCUT2D eigenvalue weighted by atomic mass is 16.5. The zero-order chi connectivity index (χ0) is 20.1. The number of methoxy groups -OCH3 is 1. The number of Topliss-reactive ketones (excluding diaryl/α,β-unsaturated/α-hetero) is 1. The predicted molar refractivity (Wildman–Crippen MR) is 103 cm³/mol. The Morgan fingerprint density at radius 2 is 1.89 bits per heavy atom. The van der Waals surface area contributed by atoms with Crippen molar-refractivity contribution in [2.75, 3.05) is 12.1 Å². The molecule has 0 saturated heterocycles. The number of hydrogen-bond acceptors (Lipinski definition) is 6. The van der Waals surface area contributed by atoms with Crippen molar-refractivity contribution in [3.8, 4) is 5.75 Å². The van der Waals surface area contributed by atoms with Gasteiger partial charge in [-0.1, -0.05) is 18.2 Å². The molecule has 0 fully saturated rings. The van der Waals surface area contributed by atoms with E-state index < -0.39 is 5.97 Å². The summed E-state index contributed by atoms with van der Waals surface area (Å²) >= 11 is 0. The van der Waals surface area contributed by atoms with Crippen LogP contribution in [0, 0.1) is 0 Å². The van der Waals surface area contributed by atoms with E-state index in [1.807, 2.05) is 6.07 Å². The lowest BCUT2D eigenvalue weighted by molar-refractivity contribution is -0.141. The van der Waals surface area contributed by atoms with Crippen LogP contribution < -0.4 is 15.2 Å². The first-order valence-corrected chi connectivity index (χ1v) is 8.69. The van der Waals surface area contributed by atoms with Crippen LogP contribution in [0.25, 0.3) is 0 Å². The molecule has 0 saturated carbocycles. The number of esters is 1. The highest BCUT2D eigenvalue weighted by molar-refractivity contribution is 5.99. The van der Waals surface area contributed by atoms with Crippen LogP contribution in [0.1, 0.15) is 29.3 Å². The summed E-state index contributed by atoms with van der Waals surface area (Å²) in [7, 11) is 1.50. The van der Waals surface area contributed by atoms with Crippen molar-refractivity contribution in [2.24, 2.45) is 0 Å². The van der Waals surface area contributed by atoms with Gasteiger partial charge in [0.1, 0.15) is 18.1 Å². The predicted octanol–water partition coefficient (Wildman–Crippen LogP) is 2.77. The molecule has 0 radical (unpaired) electrons. The third-order valence-corrected chi connectivity index (χ3v) is 4.24. The highest BCUT2D eigenvalue weighted by Crippen LogP contribution is 2.22. The summed E-state index contributed by atoms with van der Waals surface area (Å²) in [4.78, 5) is 36.2. The molecule has 0 spiro atoms. The first kappa shape index (κ1) is 19.2. The minimum atomic E-state index is -0.608. The average molecular weight is 380 g/mol. The molecule has 28 heavy (non-hydrogen) atoms. The van der Waals surface area contributed by atoms with Crippen LogP contribution in [0.4, 0.5) is 5.69 Å². The Bertz CT molecular complexity index is 937. The van der Waals surface area contributed by atoms with Crippen LogP contribution in [-0.2, 0) is 20.9 Å². The Labute approximate surface area is 162 Å². The van der Waals surface area contributed by atoms with Crippen molar-refractivity contribution in [1.29, 1.82) is 0 Å². The van der Waals surface area contributed by atoms with Gasteiger partial charge in [-0.15, -0.1) is 0 Å². The van der Waals surface area contributed by atoms with Crippen LogP contribution in [0.2, 0.25) is 0 Å². The minimum Gasteiger partial charge on any atom is -0.496 e. The smallest absolute Gasteiger partial charge is 0.356 e. The van der Waals surface area contributed by atoms with Crippen LogP contribution in [0.3, 0.4) is 0 Å². The lowest BCUT2D eigenvalue weighted by Gasteiger charge is -2.28. The summed E-state index contributed by atoms with van der Waals surface area (Å²) in [6.45, 7) is 1.39. The van der Waals surface area contributed by atoms with E-state index in [-0.39, 0.29) is 30.4 Å². The van der Waals surface area contributed by atoms with Gasteiger partial charge in [0.05, 0.1) is 12.8 Å². The van der Waals surface area contributed by atoms with E-state index in [0.717, 1.165) is 0 Å². The monoisotopic (exact) mass is 380 g/mol. The number of hydrazine groups is 1. The Morgan fingerprint density at radius 1 is 1.14 bits per heavy atom. The normalized spacial score (nSPS) is 13.4. The van der Waals surface area contributed by atoms with E-state index in [1.165, 1.54) is 25.1 Å². The van der Waals surface area contributed by atoms with E-state index in [9.17, 15) is 14.4 Å². The number of ether oxygens (including phenoxy) is 2. The Balaban J connectivity index is 1.71. The molecule has 0 aliphatic carbocycles. The van der Waals surface area contributed by atoms with Crippen molar-refractivity contribution in [3.05, 3.63) is 71.4 Å². The SMILES string of the molecule is COc1ccc(C(C)=O)cc1COC(=O)C1=CCC(=O)N(c2ccccc2)N1. The van der Waals surface area contributed by atoms with E-state index in [1.54, 1.807) is 42.5 Å². The van der Waals surface area contributed by atoms with Crippen molar-refractivity contribution < 1.29 is 23.9 Å². The summed E-state index contributed by atoms with van der Waals surface area (Å²) in [5, 5.41) is 1.31. The fourth-order valence-corrected chi connectivity index (χ4v) is 2.76. The number of ketones is 1. The Kier molecular flexibility index (Phi) is 5.74. The van der Waals surface area contributed by atoms with Gasteiger partial charge in [-0.2, -0.15) is 0 Å². The van der Waals surface area contributed by atoms with Crippen molar-refractivity contribution in [2.45, 2.75) is 20.0 Å². The van der Waals surface area contributed by atoms with Gasteiger partial charge in [-0.3, -0.25) is 15.0 Å². The van der Waals surface area contributed by atoms with Crippen LogP contribution in [-0.4, -0.2) is 24.8 Å². The standard InChI is InChI=1S/C21H20N2O5/c1-14(24)15-8-10-19(27-2)16(12-15)13-28-21(26)18-9-11-20(25)23(22-18)17-6-4-3-5-7-17/h3-10,12,22H,11,13H2,1-2H3. The highest BCUT2D eigenvalue weighted by Gasteiger charge is 2.25. The molecule has 1 aliphatic heterocycles. The molecule has 1 heterocycles. The summed E-state index contributed by atoms with van der Waals surface area (Å²) in [6, 6.07) is 13.9. The van der Waals surface area contributed by atoms with E-state index in [0.29, 0.717) is 22.6 Å². The first-order valence-electron chi connectivity index (χ1n) is 8.69. The van der Waals surface area contributed by atoms with Crippen LogP contribution in [0.15, 0.2) is 60.3 Å². The van der Waals surface area contributed by atoms with Gasteiger partial charge in [-0.05, 0) is 43.3 Å². The number of rotatable bonds is 6. The topological polar surface area (TPSA) is 84.9 Å². The first-order chi connectivity index (χ1) is 13.5. The molecule has 0 unspecified atom stereocenters. The van der Waals surface area contributed by atoms with Gasteiger partial charge in [0.2, 0.25) is 5.91 Å². The maximum absolute atomic E-state index is 12.5. The maximum Gasteiger partial charge on any atom is 0.356 e. The molecular formula is C21H20N2O5. The second kappa shape index (κ2) is 8.39. The molecule has 0 aromatic heterocycles. The lowest BCUT2D eigenvalue weighted by atomic mass is 10.1. The molecule has 7 nitrogen and oxygen atoms in total. The number of amides is 1. The van der Waals surface area contributed by atoms with Crippen molar-refractivity contribution in [1.82, 2.24) is 5.43 Å². The number of anilines is 1. The van der Waals surface area contributed by atoms with Gasteiger partial charge < -0.3 is 9.47 Å². The number of hydrogen-bond donors (Lipinski definition) is 1.